The highest BCUT2D eigenvalue weighted by atomic mass is 16.4. The van der Waals surface area contributed by atoms with Crippen molar-refractivity contribution >= 4 is 5.97 Å². The molecular weight excluding hydrogens is 248 g/mol. The van der Waals surface area contributed by atoms with Gasteiger partial charge in [-0.05, 0) is 40.9 Å². The Bertz CT molecular complexity index is 578. The number of benzene rings is 1. The molecule has 0 heterocycles. The summed E-state index contributed by atoms with van der Waals surface area (Å²) < 4.78 is 0. The van der Waals surface area contributed by atoms with Gasteiger partial charge in [0.05, 0.1) is 5.92 Å². The molecule has 1 N–H and O–H groups in total. The highest BCUT2D eigenvalue weighted by molar-refractivity contribution is 5.72. The molecule has 2 nitrogen and oxygen atoms in total. The van der Waals surface area contributed by atoms with Crippen LogP contribution < -0.4 is 0 Å². The maximum absolute atomic E-state index is 11.5. The van der Waals surface area contributed by atoms with Gasteiger partial charge in [-0.25, -0.2) is 0 Å². The van der Waals surface area contributed by atoms with Crippen molar-refractivity contribution in [3.05, 3.63) is 47.0 Å². The lowest BCUT2D eigenvalue weighted by Crippen LogP contribution is -2.32. The molecule has 1 aromatic carbocycles. The molecule has 1 aromatic rings. The molecule has 0 radical (unpaired) electrons. The smallest absolute Gasteiger partial charge is 0.307 e. The predicted octanol–water partition coefficient (Wildman–Crippen LogP) is 3.90. The van der Waals surface area contributed by atoms with E-state index in [-0.39, 0.29) is 17.3 Å². The summed E-state index contributed by atoms with van der Waals surface area (Å²) in [4.78, 5) is 11.5. The number of hydrogen-bond donors (Lipinski definition) is 1. The van der Waals surface area contributed by atoms with Gasteiger partial charge in [0.25, 0.3) is 0 Å². The summed E-state index contributed by atoms with van der Waals surface area (Å²) in [6.45, 7) is 6.67. The van der Waals surface area contributed by atoms with Crippen LogP contribution in [0.3, 0.4) is 0 Å². The van der Waals surface area contributed by atoms with Crippen LogP contribution in [0.4, 0.5) is 0 Å². The van der Waals surface area contributed by atoms with Gasteiger partial charge in [-0.1, -0.05) is 51.1 Å². The summed E-state index contributed by atoms with van der Waals surface area (Å²) in [5.74, 6) is -0.338. The molecule has 0 aromatic heterocycles. The van der Waals surface area contributed by atoms with Gasteiger partial charge in [-0.3, -0.25) is 4.79 Å². The second-order valence-corrected chi connectivity index (χ2v) is 7.17. The molecule has 0 fully saturated rings. The molecule has 3 rings (SSSR count). The van der Waals surface area contributed by atoms with Gasteiger partial charge in [-0.15, -0.1) is 0 Å². The first-order valence-corrected chi connectivity index (χ1v) is 7.40. The quantitative estimate of drug-likeness (QED) is 0.786. The first-order valence-electron chi connectivity index (χ1n) is 7.40. The molecule has 0 saturated heterocycles. The zero-order valence-corrected chi connectivity index (χ0v) is 12.4. The lowest BCUT2D eigenvalue weighted by atomic mass is 9.69. The van der Waals surface area contributed by atoms with Gasteiger partial charge in [-0.2, -0.15) is 0 Å². The molecule has 20 heavy (non-hydrogen) atoms. The van der Waals surface area contributed by atoms with Crippen LogP contribution in [0.2, 0.25) is 0 Å². The zero-order valence-electron chi connectivity index (χ0n) is 12.4. The molecule has 106 valence electrons. The number of aliphatic carboxylic acids is 1. The highest BCUT2D eigenvalue weighted by Gasteiger charge is 2.40. The predicted molar refractivity (Wildman–Crippen MR) is 80.0 cm³/mol. The van der Waals surface area contributed by atoms with E-state index in [0.29, 0.717) is 12.3 Å². The second-order valence-electron chi connectivity index (χ2n) is 7.17. The van der Waals surface area contributed by atoms with Gasteiger partial charge in [0.15, 0.2) is 0 Å². The van der Waals surface area contributed by atoms with Gasteiger partial charge in [0.2, 0.25) is 0 Å². The minimum Gasteiger partial charge on any atom is -0.481 e. The van der Waals surface area contributed by atoms with Crippen LogP contribution in [0.25, 0.3) is 0 Å². The fraction of sp³-hybridized carbons (Fsp3) is 0.500. The monoisotopic (exact) mass is 270 g/mol. The Morgan fingerprint density at radius 2 is 2.05 bits per heavy atom. The fourth-order valence-electron chi connectivity index (χ4n) is 3.64. The van der Waals surface area contributed by atoms with E-state index in [1.54, 1.807) is 0 Å². The van der Waals surface area contributed by atoms with E-state index in [9.17, 15) is 9.90 Å². The molecule has 0 bridgehead atoms. The average Bonchev–Trinajstić information content (AvgIpc) is 2.85. The standard InChI is InChI=1S/C18H22O2/c1-18(2,3)12-8-7-11-9-16(17(19)20)14-6-4-5-13(14)15(11)10-12/h4-5,7-8,10,13-14,16H,6,9H2,1-3H3,(H,19,20)/t13-,14+,16+/m0/s1. The summed E-state index contributed by atoms with van der Waals surface area (Å²) in [7, 11) is 0. The summed E-state index contributed by atoms with van der Waals surface area (Å²) >= 11 is 0. The molecule has 0 spiro atoms. The van der Waals surface area contributed by atoms with Gasteiger partial charge in [0, 0.05) is 5.92 Å². The Balaban J connectivity index is 2.07. The molecule has 0 amide bonds. The van der Waals surface area contributed by atoms with Crippen molar-refractivity contribution in [1.29, 1.82) is 0 Å². The van der Waals surface area contributed by atoms with Crippen molar-refractivity contribution in [2.45, 2.75) is 44.9 Å². The Hall–Kier alpha value is -1.57. The molecule has 2 aliphatic carbocycles. The van der Waals surface area contributed by atoms with Gasteiger partial charge in [0.1, 0.15) is 0 Å². The Labute approximate surface area is 120 Å². The molecule has 2 aliphatic rings. The van der Waals surface area contributed by atoms with E-state index in [2.05, 4.69) is 51.1 Å². The minimum atomic E-state index is -0.644. The van der Waals surface area contributed by atoms with Crippen molar-refractivity contribution < 1.29 is 9.90 Å². The third kappa shape index (κ3) is 2.07. The SMILES string of the molecule is CC(C)(C)c1ccc2c(c1)[C@H]1C=CC[C@H]1[C@H](C(=O)O)C2. The number of allylic oxidation sites excluding steroid dienone is 2. The fourth-order valence-corrected chi connectivity index (χ4v) is 3.64. The molecular formula is C18H22O2. The van der Waals surface area contributed by atoms with E-state index in [1.807, 2.05) is 0 Å². The first kappa shape index (κ1) is 13.4. The molecule has 3 atom stereocenters. The summed E-state index contributed by atoms with van der Waals surface area (Å²) in [6.07, 6.45) is 5.95. The normalized spacial score (nSPS) is 28.1. The second kappa shape index (κ2) is 4.47. The third-order valence-corrected chi connectivity index (χ3v) is 4.86. The summed E-state index contributed by atoms with van der Waals surface area (Å²) in [5.41, 5.74) is 4.05. The van der Waals surface area contributed by atoms with Crippen LogP contribution in [-0.4, -0.2) is 11.1 Å². The largest absolute Gasteiger partial charge is 0.481 e. The molecule has 0 unspecified atom stereocenters. The third-order valence-electron chi connectivity index (χ3n) is 4.86. The van der Waals surface area contributed by atoms with Crippen LogP contribution in [0, 0.1) is 11.8 Å². The number of hydrogen-bond acceptors (Lipinski definition) is 1. The van der Waals surface area contributed by atoms with Crippen LogP contribution in [0.5, 0.6) is 0 Å². The van der Waals surface area contributed by atoms with Crippen molar-refractivity contribution in [3.63, 3.8) is 0 Å². The molecule has 0 aliphatic heterocycles. The minimum absolute atomic E-state index is 0.135. The van der Waals surface area contributed by atoms with Crippen LogP contribution in [-0.2, 0) is 16.6 Å². The van der Waals surface area contributed by atoms with E-state index in [0.717, 1.165) is 6.42 Å². The van der Waals surface area contributed by atoms with Gasteiger partial charge >= 0.3 is 5.97 Å². The van der Waals surface area contributed by atoms with Crippen molar-refractivity contribution in [1.82, 2.24) is 0 Å². The van der Waals surface area contributed by atoms with Crippen LogP contribution in [0.15, 0.2) is 30.4 Å². The van der Waals surface area contributed by atoms with Gasteiger partial charge < -0.3 is 5.11 Å². The topological polar surface area (TPSA) is 37.3 Å². The maximum Gasteiger partial charge on any atom is 0.307 e. The maximum atomic E-state index is 11.5. The van der Waals surface area contributed by atoms with E-state index >= 15 is 0 Å². The number of carbonyl (C=O) groups is 1. The zero-order chi connectivity index (χ0) is 14.5. The lowest BCUT2D eigenvalue weighted by molar-refractivity contribution is -0.144. The number of fused-ring (bicyclic) bond motifs is 3. The highest BCUT2D eigenvalue weighted by Crippen LogP contribution is 2.46. The van der Waals surface area contributed by atoms with E-state index in [4.69, 9.17) is 0 Å². The first-order chi connectivity index (χ1) is 9.38. The van der Waals surface area contributed by atoms with Crippen LogP contribution >= 0.6 is 0 Å². The van der Waals surface area contributed by atoms with E-state index < -0.39 is 5.97 Å². The molecule has 2 heteroatoms. The van der Waals surface area contributed by atoms with Crippen molar-refractivity contribution in [2.75, 3.05) is 0 Å². The molecule has 0 saturated carbocycles. The summed E-state index contributed by atoms with van der Waals surface area (Å²) in [6, 6.07) is 6.62. The Morgan fingerprint density at radius 1 is 1.30 bits per heavy atom. The number of rotatable bonds is 1. The summed E-state index contributed by atoms with van der Waals surface area (Å²) in [5, 5.41) is 9.47. The Kier molecular flexibility index (Phi) is 3.00. The van der Waals surface area contributed by atoms with Crippen LogP contribution in [0.1, 0.15) is 49.8 Å². The number of carboxylic acids is 1. The lowest BCUT2D eigenvalue weighted by Gasteiger charge is -2.34. The number of carboxylic acid groups (broad SMARTS) is 1. The van der Waals surface area contributed by atoms with Crippen molar-refractivity contribution in [3.8, 4) is 0 Å². The van der Waals surface area contributed by atoms with E-state index in [1.165, 1.54) is 16.7 Å². The average molecular weight is 270 g/mol. The van der Waals surface area contributed by atoms with Crippen molar-refractivity contribution in [2.24, 2.45) is 11.8 Å². The Morgan fingerprint density at radius 3 is 2.70 bits per heavy atom.